The number of nitrogens with zero attached hydrogens (tertiary/aromatic N) is 1. The van der Waals surface area contributed by atoms with Crippen LogP contribution in [-0.4, -0.2) is 50.0 Å². The fraction of sp³-hybridized carbons (Fsp3) is 0.400. The van der Waals surface area contributed by atoms with Crippen molar-refractivity contribution in [2.45, 2.75) is 31.7 Å². The molecule has 1 aliphatic rings. The molecule has 4 rings (SSSR count). The Morgan fingerprint density at radius 1 is 1.24 bits per heavy atom. The molecule has 0 saturated carbocycles. The Morgan fingerprint density at radius 3 is 2.67 bits per heavy atom. The van der Waals surface area contributed by atoms with E-state index in [0.717, 1.165) is 28.6 Å². The van der Waals surface area contributed by atoms with Gasteiger partial charge in [-0.25, -0.2) is 0 Å². The Balaban J connectivity index is 2.04. The van der Waals surface area contributed by atoms with Gasteiger partial charge >= 0.3 is 0 Å². The first-order valence-electron chi connectivity index (χ1n) is 11.0. The summed E-state index contributed by atoms with van der Waals surface area (Å²) in [6.45, 7) is 3.98. The molecule has 2 heterocycles. The van der Waals surface area contributed by atoms with Crippen LogP contribution in [-0.2, 0) is 0 Å². The van der Waals surface area contributed by atoms with E-state index in [4.69, 9.17) is 25.5 Å². The minimum atomic E-state index is -0.203. The molecule has 3 aromatic rings. The van der Waals surface area contributed by atoms with Crippen molar-refractivity contribution >= 4 is 45.2 Å². The van der Waals surface area contributed by atoms with Gasteiger partial charge in [-0.05, 0) is 60.7 Å². The van der Waals surface area contributed by atoms with Crippen LogP contribution in [0.4, 0.5) is 0 Å². The van der Waals surface area contributed by atoms with Gasteiger partial charge in [0.25, 0.3) is 0 Å². The van der Waals surface area contributed by atoms with Gasteiger partial charge in [0.2, 0.25) is 0 Å². The molecule has 0 unspecified atom stereocenters. The summed E-state index contributed by atoms with van der Waals surface area (Å²) in [5.74, 6) is 1.45. The lowest BCUT2D eigenvalue weighted by Gasteiger charge is -2.28. The van der Waals surface area contributed by atoms with Crippen molar-refractivity contribution in [1.29, 1.82) is 0 Å². The highest BCUT2D eigenvalue weighted by Crippen LogP contribution is 2.46. The Kier molecular flexibility index (Phi) is 7.53. The molecule has 0 spiro atoms. The molecule has 6 nitrogen and oxygen atoms in total. The summed E-state index contributed by atoms with van der Waals surface area (Å²) >= 11 is 8.73. The van der Waals surface area contributed by atoms with Gasteiger partial charge in [-0.3, -0.25) is 9.69 Å². The molecule has 2 aromatic carbocycles. The van der Waals surface area contributed by atoms with E-state index in [9.17, 15) is 9.90 Å². The number of rotatable bonds is 7. The van der Waals surface area contributed by atoms with E-state index in [1.165, 1.54) is 13.2 Å². The van der Waals surface area contributed by atoms with Crippen LogP contribution < -0.4 is 14.9 Å². The molecule has 0 amide bonds. The van der Waals surface area contributed by atoms with E-state index in [2.05, 4.69) is 34.4 Å². The highest BCUT2D eigenvalue weighted by Gasteiger charge is 2.38. The van der Waals surface area contributed by atoms with Crippen LogP contribution in [0.5, 0.6) is 11.5 Å². The summed E-state index contributed by atoms with van der Waals surface area (Å²) in [4.78, 5) is 15.7. The first-order chi connectivity index (χ1) is 15.9. The quantitative estimate of drug-likeness (QED) is 0.381. The third-order valence-electron chi connectivity index (χ3n) is 6.49. The smallest absolute Gasteiger partial charge is 0.197 e. The molecular weight excluding hydrogens is 557 g/mol. The third kappa shape index (κ3) is 4.36. The summed E-state index contributed by atoms with van der Waals surface area (Å²) in [7, 11) is 3.14. The van der Waals surface area contributed by atoms with Crippen molar-refractivity contribution < 1.29 is 19.0 Å². The zero-order valence-electron chi connectivity index (χ0n) is 18.9. The van der Waals surface area contributed by atoms with E-state index in [-0.39, 0.29) is 24.0 Å². The number of aliphatic hydroxyl groups excluding tert-OH is 1. The summed E-state index contributed by atoms with van der Waals surface area (Å²) < 4.78 is 18.7. The van der Waals surface area contributed by atoms with Gasteiger partial charge in [0.1, 0.15) is 28.2 Å². The number of aliphatic hydroxyl groups is 1. The molecule has 1 fully saturated rings. The van der Waals surface area contributed by atoms with Gasteiger partial charge < -0.3 is 19.0 Å². The van der Waals surface area contributed by atoms with Crippen LogP contribution in [0.3, 0.4) is 0 Å². The summed E-state index contributed by atoms with van der Waals surface area (Å²) in [6, 6.07) is 8.97. The fourth-order valence-corrected chi connectivity index (χ4v) is 5.69. The maximum absolute atomic E-state index is 13.4. The number of hydrogen-bond acceptors (Lipinski definition) is 6. The van der Waals surface area contributed by atoms with Gasteiger partial charge in [0.05, 0.1) is 19.2 Å². The van der Waals surface area contributed by atoms with Crippen LogP contribution in [0.15, 0.2) is 39.5 Å². The third-order valence-corrected chi connectivity index (χ3v) is 8.11. The maximum atomic E-state index is 13.4. The zero-order valence-corrected chi connectivity index (χ0v) is 21.8. The number of ether oxygens (including phenoxy) is 2. The van der Waals surface area contributed by atoms with E-state index in [1.54, 1.807) is 13.2 Å². The van der Waals surface area contributed by atoms with Gasteiger partial charge in [-0.15, -0.1) is 0 Å². The highest BCUT2D eigenvalue weighted by atomic mass is 127. The second kappa shape index (κ2) is 10.2. The normalized spacial score (nSPS) is 18.7. The Hall–Kier alpha value is -1.81. The summed E-state index contributed by atoms with van der Waals surface area (Å²) in [5, 5.41) is 10.7. The number of likely N-dealkylation sites (tertiary alicyclic amines) is 1. The second-order valence-electron chi connectivity index (χ2n) is 8.08. The molecule has 0 aliphatic carbocycles. The molecule has 176 valence electrons. The van der Waals surface area contributed by atoms with Gasteiger partial charge in [0, 0.05) is 45.4 Å². The molecule has 1 aliphatic heterocycles. The number of fused-ring (bicyclic) bond motifs is 1. The van der Waals surface area contributed by atoms with Gasteiger partial charge in [-0.2, -0.15) is 0 Å². The van der Waals surface area contributed by atoms with E-state index >= 15 is 0 Å². The van der Waals surface area contributed by atoms with Gasteiger partial charge in [0.15, 0.2) is 5.43 Å². The largest absolute Gasteiger partial charge is 0.496 e. The van der Waals surface area contributed by atoms with Crippen molar-refractivity contribution in [3.05, 3.63) is 54.7 Å². The Bertz CT molecular complexity index is 1230. The van der Waals surface area contributed by atoms with E-state index in [1.807, 2.05) is 18.2 Å². The lowest BCUT2D eigenvalue weighted by atomic mass is 9.87. The minimum Gasteiger partial charge on any atom is -0.496 e. The van der Waals surface area contributed by atoms with E-state index in [0.29, 0.717) is 45.2 Å². The van der Waals surface area contributed by atoms with Crippen molar-refractivity contribution in [1.82, 2.24) is 4.90 Å². The average molecular weight is 584 g/mol. The molecule has 8 heteroatoms. The molecule has 0 bridgehead atoms. The number of methoxy groups -OCH3 is 2. The fourth-order valence-electron chi connectivity index (χ4n) is 4.97. The summed E-state index contributed by atoms with van der Waals surface area (Å²) in [5.41, 5.74) is 1.74. The molecule has 33 heavy (non-hydrogen) atoms. The minimum absolute atomic E-state index is 0.0326. The summed E-state index contributed by atoms with van der Waals surface area (Å²) in [6.07, 6.45) is 1.50. The predicted molar refractivity (Wildman–Crippen MR) is 139 cm³/mol. The van der Waals surface area contributed by atoms with Crippen molar-refractivity contribution in [2.75, 3.05) is 33.9 Å². The molecular formula is C25H27ClINO5. The number of likely N-dealkylation sites (N-methyl/N-ethyl adjacent to an activating group) is 1. The lowest BCUT2D eigenvalue weighted by Crippen LogP contribution is -2.33. The van der Waals surface area contributed by atoms with Crippen molar-refractivity contribution in [3.8, 4) is 22.8 Å². The van der Waals surface area contributed by atoms with Crippen molar-refractivity contribution in [3.63, 3.8) is 0 Å². The number of halogens is 2. The lowest BCUT2D eigenvalue weighted by molar-refractivity contribution is 0.192. The second-order valence-corrected chi connectivity index (χ2v) is 9.62. The zero-order chi connectivity index (χ0) is 23.7. The highest BCUT2D eigenvalue weighted by molar-refractivity contribution is 14.1. The SMILES string of the molecule is CCN1CC[C@H](c2c(OC)cc(OC)c3c(=O)cc(-c4cccc(I)c4Cl)oc23)[C@H]1CCO. The Labute approximate surface area is 211 Å². The van der Waals surface area contributed by atoms with Gasteiger partial charge in [-0.1, -0.05) is 24.6 Å². The maximum Gasteiger partial charge on any atom is 0.197 e. The predicted octanol–water partition coefficient (Wildman–Crippen LogP) is 5.30. The standard InChI is InChI=1S/C25H27ClINO5/c1-4-28-10-8-14(17(28)9-11-29)22-20(31-2)13-21(32-3)23-18(30)12-19(33-25(22)23)15-6-5-7-16(27)24(15)26/h5-7,12-14,17,29H,4,8-11H2,1-3H3/t14-,17+/m0/s1. The Morgan fingerprint density at radius 2 is 2.00 bits per heavy atom. The van der Waals surface area contributed by atoms with Crippen LogP contribution in [0, 0.1) is 3.57 Å². The van der Waals surface area contributed by atoms with Crippen LogP contribution in [0.2, 0.25) is 5.02 Å². The molecule has 2 atom stereocenters. The number of hydrogen-bond donors (Lipinski definition) is 1. The monoisotopic (exact) mass is 583 g/mol. The number of benzene rings is 2. The van der Waals surface area contributed by atoms with Crippen LogP contribution >= 0.6 is 34.2 Å². The average Bonchev–Trinajstić information content (AvgIpc) is 3.21. The molecule has 0 radical (unpaired) electrons. The van der Waals surface area contributed by atoms with Crippen molar-refractivity contribution in [2.24, 2.45) is 0 Å². The first kappa shape index (κ1) is 24.3. The van der Waals surface area contributed by atoms with E-state index < -0.39 is 0 Å². The molecule has 1 aromatic heterocycles. The topological polar surface area (TPSA) is 72.1 Å². The van der Waals surface area contributed by atoms with Crippen LogP contribution in [0.25, 0.3) is 22.3 Å². The molecule has 1 saturated heterocycles. The first-order valence-corrected chi connectivity index (χ1v) is 12.4. The molecule has 1 N–H and O–H groups in total. The van der Waals surface area contributed by atoms with Crippen LogP contribution in [0.1, 0.15) is 31.2 Å².